The maximum Gasteiger partial charge on any atom is 0.264 e. The van der Waals surface area contributed by atoms with Gasteiger partial charge in [0.2, 0.25) is 11.9 Å². The van der Waals surface area contributed by atoms with Crippen molar-refractivity contribution in [1.82, 2.24) is 15.1 Å². The van der Waals surface area contributed by atoms with E-state index in [4.69, 9.17) is 5.41 Å². The maximum atomic E-state index is 14.7. The number of rotatable bonds is 11. The number of amides is 2. The normalized spacial score (nSPS) is 19.0. The second-order valence-electron chi connectivity index (χ2n) is 15.0. The van der Waals surface area contributed by atoms with Crippen LogP contribution in [0.25, 0.3) is 11.1 Å². The highest BCUT2D eigenvalue weighted by Crippen LogP contribution is 2.49. The van der Waals surface area contributed by atoms with E-state index in [1.165, 1.54) is 15.4 Å². The highest BCUT2D eigenvalue weighted by atomic mass is 32.1. The summed E-state index contributed by atoms with van der Waals surface area (Å²) in [7, 11) is 1.67. The number of carbonyl (C=O) groups is 2. The first-order valence-electron chi connectivity index (χ1n) is 19.3. The van der Waals surface area contributed by atoms with Gasteiger partial charge in [-0.1, -0.05) is 115 Å². The standard InChI is InChI=1S/C48H43N7O2S/c1-47(42-29-37(32-58-42)36-20-12-18-34(27-36)30-49)41(26-14-17-33-15-6-3-7-16-33)43(56)53(2)46(51)55(47)40-25-13-19-35(28-40)31-54-44(57)48(52-45(54)50,38-21-8-4-9-22-38)39-23-10-5-11-24-39/h3-13,15-16,18-25,27-29,32,41,51H,14,17,26,31H2,1-2H3,(H2,50,52)/t41?,47-/m0/s1. The summed E-state index contributed by atoms with van der Waals surface area (Å²) in [6.45, 7) is 2.18. The van der Waals surface area contributed by atoms with E-state index in [0.717, 1.165) is 45.5 Å². The third-order valence-electron chi connectivity index (χ3n) is 11.6. The van der Waals surface area contributed by atoms with Gasteiger partial charge in [0, 0.05) is 17.6 Å². The number of nitriles is 1. The van der Waals surface area contributed by atoms with Crippen LogP contribution in [0, 0.1) is 28.1 Å². The van der Waals surface area contributed by atoms with Gasteiger partial charge < -0.3 is 10.2 Å². The molecule has 6 aromatic rings. The fraction of sp³-hybridized carbons (Fsp3) is 0.188. The van der Waals surface area contributed by atoms with Gasteiger partial charge >= 0.3 is 0 Å². The zero-order chi connectivity index (χ0) is 40.4. The Kier molecular flexibility index (Phi) is 10.2. The zero-order valence-corrected chi connectivity index (χ0v) is 33.2. The van der Waals surface area contributed by atoms with Crippen LogP contribution in [-0.4, -0.2) is 40.6 Å². The zero-order valence-electron chi connectivity index (χ0n) is 32.4. The summed E-state index contributed by atoms with van der Waals surface area (Å²) in [5, 5.41) is 33.6. The number of carbonyl (C=O) groups excluding carboxylic acids is 2. The third-order valence-corrected chi connectivity index (χ3v) is 12.7. The van der Waals surface area contributed by atoms with Gasteiger partial charge in [0.1, 0.15) is 0 Å². The maximum absolute atomic E-state index is 14.7. The molecule has 2 amide bonds. The van der Waals surface area contributed by atoms with Crippen LogP contribution in [0.15, 0.2) is 151 Å². The largest absolute Gasteiger partial charge is 0.334 e. The van der Waals surface area contributed by atoms with Crippen LogP contribution in [0.4, 0.5) is 5.69 Å². The molecule has 0 radical (unpaired) electrons. The van der Waals surface area contributed by atoms with Crippen LogP contribution in [0.5, 0.6) is 0 Å². The van der Waals surface area contributed by atoms with Crippen LogP contribution in [0.2, 0.25) is 0 Å². The van der Waals surface area contributed by atoms with Gasteiger partial charge in [-0.15, -0.1) is 11.3 Å². The van der Waals surface area contributed by atoms with Crippen molar-refractivity contribution < 1.29 is 9.59 Å². The molecule has 2 atom stereocenters. The predicted molar refractivity (Wildman–Crippen MR) is 229 cm³/mol. The Labute approximate surface area is 342 Å². The summed E-state index contributed by atoms with van der Waals surface area (Å²) in [5.41, 5.74) is 4.31. The van der Waals surface area contributed by atoms with Crippen LogP contribution < -0.4 is 10.2 Å². The lowest BCUT2D eigenvalue weighted by Gasteiger charge is -2.52. The minimum Gasteiger partial charge on any atom is -0.334 e. The van der Waals surface area contributed by atoms with E-state index in [1.807, 2.05) is 126 Å². The summed E-state index contributed by atoms with van der Waals surface area (Å²) in [5.74, 6) is -0.843. The second-order valence-corrected chi connectivity index (χ2v) is 16.0. The molecular formula is C48H43N7O2S. The summed E-state index contributed by atoms with van der Waals surface area (Å²) >= 11 is 1.55. The highest BCUT2D eigenvalue weighted by Gasteiger charge is 2.54. The van der Waals surface area contributed by atoms with Crippen LogP contribution in [-0.2, 0) is 33.6 Å². The molecule has 0 spiro atoms. The van der Waals surface area contributed by atoms with Crippen molar-refractivity contribution in [2.24, 2.45) is 5.92 Å². The molecule has 9 nitrogen and oxygen atoms in total. The van der Waals surface area contributed by atoms with E-state index in [1.54, 1.807) is 24.5 Å². The average molecular weight is 782 g/mol. The first-order valence-corrected chi connectivity index (χ1v) is 20.2. The van der Waals surface area contributed by atoms with E-state index in [0.29, 0.717) is 17.7 Å². The lowest BCUT2D eigenvalue weighted by molar-refractivity contribution is -0.135. The molecule has 2 fully saturated rings. The van der Waals surface area contributed by atoms with Gasteiger partial charge in [-0.2, -0.15) is 5.26 Å². The lowest BCUT2D eigenvalue weighted by atomic mass is 9.76. The molecule has 0 saturated carbocycles. The van der Waals surface area contributed by atoms with Crippen molar-refractivity contribution in [3.8, 4) is 17.2 Å². The van der Waals surface area contributed by atoms with E-state index in [2.05, 4.69) is 41.9 Å². The van der Waals surface area contributed by atoms with E-state index < -0.39 is 17.0 Å². The van der Waals surface area contributed by atoms with Crippen molar-refractivity contribution in [3.63, 3.8) is 0 Å². The number of nitrogens with one attached hydrogen (secondary N) is 3. The Morgan fingerprint density at radius 2 is 1.41 bits per heavy atom. The second kappa shape index (κ2) is 15.6. The van der Waals surface area contributed by atoms with Crippen molar-refractivity contribution in [2.45, 2.75) is 43.8 Å². The van der Waals surface area contributed by atoms with E-state index in [-0.39, 0.29) is 30.3 Å². The molecule has 58 heavy (non-hydrogen) atoms. The summed E-state index contributed by atoms with van der Waals surface area (Å²) in [6, 6.07) is 48.8. The number of hydrogen-bond donors (Lipinski definition) is 3. The van der Waals surface area contributed by atoms with Crippen LogP contribution >= 0.6 is 11.3 Å². The molecule has 8 rings (SSSR count). The Morgan fingerprint density at radius 1 is 0.776 bits per heavy atom. The first-order chi connectivity index (χ1) is 28.1. The van der Waals surface area contributed by atoms with Crippen molar-refractivity contribution in [3.05, 3.63) is 184 Å². The minimum atomic E-state index is -1.27. The molecule has 0 bridgehead atoms. The van der Waals surface area contributed by atoms with Gasteiger partial charge in [-0.3, -0.25) is 30.2 Å². The molecule has 288 valence electrons. The van der Waals surface area contributed by atoms with E-state index in [9.17, 15) is 20.3 Å². The fourth-order valence-corrected chi connectivity index (χ4v) is 9.65. The summed E-state index contributed by atoms with van der Waals surface area (Å²) in [6.07, 6.45) is 2.16. The molecule has 1 aromatic heterocycles. The molecule has 5 aromatic carbocycles. The Hall–Kier alpha value is -6.83. The quantitative estimate of drug-likeness (QED) is 0.121. The van der Waals surface area contributed by atoms with Crippen molar-refractivity contribution >= 4 is 40.8 Å². The number of nitrogens with zero attached hydrogens (tertiary/aromatic N) is 4. The van der Waals surface area contributed by atoms with Gasteiger partial charge in [0.15, 0.2) is 11.5 Å². The average Bonchev–Trinajstić information content (AvgIpc) is 3.86. The van der Waals surface area contributed by atoms with Crippen molar-refractivity contribution in [1.29, 1.82) is 16.1 Å². The number of thiophene rings is 1. The minimum absolute atomic E-state index is 0.00550. The summed E-state index contributed by atoms with van der Waals surface area (Å²) < 4.78 is 0. The Morgan fingerprint density at radius 3 is 2.09 bits per heavy atom. The predicted octanol–water partition coefficient (Wildman–Crippen LogP) is 8.86. The van der Waals surface area contributed by atoms with Crippen LogP contribution in [0.3, 0.4) is 0 Å². The smallest absolute Gasteiger partial charge is 0.264 e. The molecule has 0 aliphatic carbocycles. The summed E-state index contributed by atoms with van der Waals surface area (Å²) in [4.78, 5) is 34.9. The monoisotopic (exact) mass is 781 g/mol. The van der Waals surface area contributed by atoms with Gasteiger partial charge in [0.25, 0.3) is 5.91 Å². The fourth-order valence-electron chi connectivity index (χ4n) is 8.52. The topological polar surface area (TPSA) is 127 Å². The number of aryl methyl sites for hydroxylation is 1. The lowest BCUT2D eigenvalue weighted by Crippen LogP contribution is -2.65. The van der Waals surface area contributed by atoms with Crippen LogP contribution in [0.1, 0.15) is 52.5 Å². The van der Waals surface area contributed by atoms with Gasteiger partial charge in [0.05, 0.1) is 29.6 Å². The molecule has 2 aliphatic rings. The Bertz CT molecular complexity index is 2510. The SMILES string of the molecule is CN1C(=N)N(c2cccc(CN3C(=N)NC(c4ccccc4)(c4ccccc4)C3=O)c2)[C@](C)(c2cc(-c3cccc(C#N)c3)cs2)C(CCCc2ccccc2)C1=O. The molecule has 3 heterocycles. The van der Waals surface area contributed by atoms with Gasteiger partial charge in [-0.05, 0) is 95.3 Å². The first kappa shape index (κ1) is 38.1. The molecule has 3 N–H and O–H groups in total. The number of hydrogen-bond acceptors (Lipinski definition) is 6. The number of guanidine groups is 2. The molecule has 2 aliphatic heterocycles. The third kappa shape index (κ3) is 6.63. The Balaban J connectivity index is 1.18. The molecule has 2 saturated heterocycles. The van der Waals surface area contributed by atoms with Gasteiger partial charge in [-0.25, -0.2) is 0 Å². The highest BCUT2D eigenvalue weighted by molar-refractivity contribution is 7.10. The molecule has 10 heteroatoms. The number of benzene rings is 5. The van der Waals surface area contributed by atoms with E-state index >= 15 is 0 Å². The van der Waals surface area contributed by atoms with Crippen molar-refractivity contribution in [2.75, 3.05) is 11.9 Å². The molecule has 1 unspecified atom stereocenters. The number of anilines is 1. The molecular weight excluding hydrogens is 739 g/mol.